The molecule has 2 N–H and O–H groups in total. The van der Waals surface area contributed by atoms with Crippen molar-refractivity contribution in [1.29, 1.82) is 0 Å². The highest BCUT2D eigenvalue weighted by Crippen LogP contribution is 2.34. The first-order valence-corrected chi connectivity index (χ1v) is 9.89. The van der Waals surface area contributed by atoms with Gasteiger partial charge in [-0.3, -0.25) is 0 Å². The lowest BCUT2D eigenvalue weighted by Gasteiger charge is -2.17. The number of aryl methyl sites for hydroxylation is 1. The first-order valence-electron chi connectivity index (χ1n) is 8.28. The summed E-state index contributed by atoms with van der Waals surface area (Å²) in [6, 6.07) is 17.7. The Kier molecular flexibility index (Phi) is 6.63. The number of sulfonamides is 1. The van der Waals surface area contributed by atoms with Gasteiger partial charge < -0.3 is 5.73 Å². The Labute approximate surface area is 156 Å². The molecule has 6 heteroatoms. The molecular weight excluding hydrogens is 356 g/mol. The van der Waals surface area contributed by atoms with Crippen LogP contribution < -0.4 is 5.73 Å². The lowest BCUT2D eigenvalue weighted by molar-refractivity contribution is 0.458. The van der Waals surface area contributed by atoms with E-state index in [0.29, 0.717) is 19.6 Å². The smallest absolute Gasteiger partial charge is 0.218 e. The molecule has 0 saturated carbocycles. The quantitative estimate of drug-likeness (QED) is 0.867. The summed E-state index contributed by atoms with van der Waals surface area (Å²) < 4.78 is 27.4. The van der Waals surface area contributed by atoms with Gasteiger partial charge in [0.25, 0.3) is 0 Å². The van der Waals surface area contributed by atoms with Crippen LogP contribution in [0.15, 0.2) is 54.6 Å². The molecular formula is C19H25ClN2O2S. The van der Waals surface area contributed by atoms with Gasteiger partial charge in [0.2, 0.25) is 10.0 Å². The summed E-state index contributed by atoms with van der Waals surface area (Å²) in [6.07, 6.45) is 0. The molecule has 0 amide bonds. The van der Waals surface area contributed by atoms with E-state index in [1.165, 1.54) is 5.56 Å². The Hall–Kier alpha value is -1.40. The van der Waals surface area contributed by atoms with Gasteiger partial charge in [0.05, 0.1) is 5.75 Å². The molecule has 2 atom stereocenters. The van der Waals surface area contributed by atoms with Crippen molar-refractivity contribution in [3.63, 3.8) is 0 Å². The fraction of sp³-hybridized carbons (Fsp3) is 0.368. The number of hydrogen-bond donors (Lipinski definition) is 1. The minimum atomic E-state index is -3.34. The third-order valence-electron chi connectivity index (χ3n) is 4.93. The van der Waals surface area contributed by atoms with Crippen molar-refractivity contribution < 1.29 is 8.42 Å². The number of halogens is 1. The maximum atomic E-state index is 12.9. The number of hydrogen-bond acceptors (Lipinski definition) is 3. The Morgan fingerprint density at radius 2 is 1.68 bits per heavy atom. The molecule has 0 aliphatic carbocycles. The first-order chi connectivity index (χ1) is 11.5. The molecule has 0 bridgehead atoms. The van der Waals surface area contributed by atoms with Gasteiger partial charge in [-0.2, -0.15) is 0 Å². The third-order valence-corrected chi connectivity index (χ3v) is 6.69. The van der Waals surface area contributed by atoms with E-state index >= 15 is 0 Å². The van der Waals surface area contributed by atoms with Crippen LogP contribution in [0.4, 0.5) is 0 Å². The molecule has 1 heterocycles. The standard InChI is InChI=1S/C19H24N2O2S.ClH/c1-15-7-5-6-10-17(15)14-24(22,23)21-12-18(11-20)19(13-21)16-8-3-2-4-9-16;/h2-10,18-19H,11-14,20H2,1H3;1H/t18-,19+;/m1./s1. The first kappa shape index (κ1) is 19.9. The van der Waals surface area contributed by atoms with Crippen LogP contribution >= 0.6 is 12.4 Å². The van der Waals surface area contributed by atoms with Crippen LogP contribution in [0.1, 0.15) is 22.6 Å². The Morgan fingerprint density at radius 1 is 1.04 bits per heavy atom. The van der Waals surface area contributed by atoms with Crippen LogP contribution in [0.25, 0.3) is 0 Å². The summed E-state index contributed by atoms with van der Waals surface area (Å²) >= 11 is 0. The van der Waals surface area contributed by atoms with Crippen LogP contribution in [0, 0.1) is 12.8 Å². The molecule has 0 spiro atoms. The molecule has 1 aliphatic heterocycles. The zero-order valence-electron chi connectivity index (χ0n) is 14.3. The molecule has 0 unspecified atom stereocenters. The number of nitrogens with two attached hydrogens (primary N) is 1. The normalized spacial score (nSPS) is 21.0. The molecule has 0 aromatic heterocycles. The van der Waals surface area contributed by atoms with E-state index in [9.17, 15) is 8.42 Å². The van der Waals surface area contributed by atoms with E-state index in [1.54, 1.807) is 4.31 Å². The number of benzene rings is 2. The van der Waals surface area contributed by atoms with Crippen LogP contribution in [-0.4, -0.2) is 32.4 Å². The molecule has 4 nitrogen and oxygen atoms in total. The summed E-state index contributed by atoms with van der Waals surface area (Å²) in [5.74, 6) is 0.389. The average molecular weight is 381 g/mol. The fourth-order valence-corrected chi connectivity index (χ4v) is 5.14. The number of rotatable bonds is 5. The SMILES string of the molecule is Cc1ccccc1CS(=O)(=O)N1C[C@@H](CN)[C@H](c2ccccc2)C1.Cl. The lowest BCUT2D eigenvalue weighted by atomic mass is 9.89. The predicted molar refractivity (Wildman–Crippen MR) is 104 cm³/mol. The fourth-order valence-electron chi connectivity index (χ4n) is 3.44. The van der Waals surface area contributed by atoms with Crippen molar-refractivity contribution in [3.05, 3.63) is 71.3 Å². The van der Waals surface area contributed by atoms with E-state index in [1.807, 2.05) is 49.4 Å². The van der Waals surface area contributed by atoms with Crippen LogP contribution in [-0.2, 0) is 15.8 Å². The van der Waals surface area contributed by atoms with E-state index in [4.69, 9.17) is 5.73 Å². The van der Waals surface area contributed by atoms with E-state index in [0.717, 1.165) is 11.1 Å². The second-order valence-corrected chi connectivity index (χ2v) is 8.48. The molecule has 1 fully saturated rings. The highest BCUT2D eigenvalue weighted by Gasteiger charge is 2.38. The Balaban J connectivity index is 0.00000225. The summed E-state index contributed by atoms with van der Waals surface area (Å²) in [5, 5.41) is 0. The predicted octanol–water partition coefficient (Wildman–Crippen LogP) is 2.92. The van der Waals surface area contributed by atoms with Gasteiger partial charge in [-0.1, -0.05) is 54.6 Å². The lowest BCUT2D eigenvalue weighted by Crippen LogP contribution is -2.31. The topological polar surface area (TPSA) is 63.4 Å². The minimum absolute atomic E-state index is 0. The zero-order valence-corrected chi connectivity index (χ0v) is 16.0. The van der Waals surface area contributed by atoms with Crippen LogP contribution in [0.2, 0.25) is 0 Å². The van der Waals surface area contributed by atoms with E-state index < -0.39 is 10.0 Å². The number of nitrogens with zero attached hydrogens (tertiary/aromatic N) is 1. The maximum Gasteiger partial charge on any atom is 0.218 e. The molecule has 1 saturated heterocycles. The van der Waals surface area contributed by atoms with E-state index in [-0.39, 0.29) is 30.0 Å². The van der Waals surface area contributed by atoms with E-state index in [2.05, 4.69) is 12.1 Å². The van der Waals surface area contributed by atoms with Crippen molar-refractivity contribution in [2.24, 2.45) is 11.7 Å². The van der Waals surface area contributed by atoms with Gasteiger partial charge in [0.15, 0.2) is 0 Å². The molecule has 0 radical (unpaired) electrons. The highest BCUT2D eigenvalue weighted by molar-refractivity contribution is 7.88. The summed E-state index contributed by atoms with van der Waals surface area (Å²) in [4.78, 5) is 0. The largest absolute Gasteiger partial charge is 0.330 e. The van der Waals surface area contributed by atoms with Gasteiger partial charge in [-0.15, -0.1) is 12.4 Å². The molecule has 2 aromatic carbocycles. The average Bonchev–Trinajstić information content (AvgIpc) is 3.03. The Bertz CT molecular complexity index is 796. The Morgan fingerprint density at radius 3 is 2.32 bits per heavy atom. The van der Waals surface area contributed by atoms with Gasteiger partial charge in [0, 0.05) is 19.0 Å². The molecule has 136 valence electrons. The van der Waals surface area contributed by atoms with Crippen molar-refractivity contribution in [2.75, 3.05) is 19.6 Å². The van der Waals surface area contributed by atoms with Crippen molar-refractivity contribution in [3.8, 4) is 0 Å². The molecule has 3 rings (SSSR count). The summed E-state index contributed by atoms with van der Waals surface area (Å²) in [6.45, 7) is 3.46. The zero-order chi connectivity index (χ0) is 17.2. The van der Waals surface area contributed by atoms with Gasteiger partial charge in [-0.05, 0) is 36.1 Å². The van der Waals surface area contributed by atoms with Crippen molar-refractivity contribution >= 4 is 22.4 Å². The highest BCUT2D eigenvalue weighted by atomic mass is 35.5. The van der Waals surface area contributed by atoms with Gasteiger partial charge in [-0.25, -0.2) is 12.7 Å². The van der Waals surface area contributed by atoms with Crippen molar-refractivity contribution in [2.45, 2.75) is 18.6 Å². The monoisotopic (exact) mass is 380 g/mol. The van der Waals surface area contributed by atoms with Crippen molar-refractivity contribution in [1.82, 2.24) is 4.31 Å². The molecule has 2 aromatic rings. The molecule has 1 aliphatic rings. The second kappa shape index (κ2) is 8.32. The van der Waals surface area contributed by atoms with Gasteiger partial charge in [0.1, 0.15) is 0 Å². The second-order valence-electron chi connectivity index (χ2n) is 6.51. The minimum Gasteiger partial charge on any atom is -0.330 e. The van der Waals surface area contributed by atoms with Gasteiger partial charge >= 0.3 is 0 Å². The summed E-state index contributed by atoms with van der Waals surface area (Å²) in [5.41, 5.74) is 8.97. The van der Waals surface area contributed by atoms with Crippen LogP contribution in [0.5, 0.6) is 0 Å². The maximum absolute atomic E-state index is 12.9. The third kappa shape index (κ3) is 4.42. The van der Waals surface area contributed by atoms with Crippen LogP contribution in [0.3, 0.4) is 0 Å². The molecule has 25 heavy (non-hydrogen) atoms. The summed E-state index contributed by atoms with van der Waals surface area (Å²) in [7, 11) is -3.34.